The van der Waals surface area contributed by atoms with Gasteiger partial charge in [0.25, 0.3) is 5.91 Å². The van der Waals surface area contributed by atoms with E-state index in [1.807, 2.05) is 42.5 Å². The highest BCUT2D eigenvalue weighted by Gasteiger charge is 2.24. The number of terminal acetylenes is 1. The number of nitrogens with zero attached hydrogens (tertiary/aromatic N) is 1. The first-order valence-electron chi connectivity index (χ1n) is 7.99. The molecule has 0 spiro atoms. The van der Waals surface area contributed by atoms with Crippen LogP contribution in [0.2, 0.25) is 0 Å². The molecule has 2 aromatic carbocycles. The Bertz CT molecular complexity index is 988. The highest BCUT2D eigenvalue weighted by Crippen LogP contribution is 2.32. The van der Waals surface area contributed by atoms with Crippen molar-refractivity contribution in [3.05, 3.63) is 54.0 Å². The third kappa shape index (κ3) is 5.21. The molecule has 1 N–H and O–H groups in total. The summed E-state index contributed by atoms with van der Waals surface area (Å²) in [6.45, 7) is 0.218. The Morgan fingerprint density at radius 1 is 1.25 bits per heavy atom. The largest absolute Gasteiger partial charge is 0.497 e. The summed E-state index contributed by atoms with van der Waals surface area (Å²) >= 11 is 5.70. The molecule has 1 fully saturated rings. The third-order valence-electron chi connectivity index (χ3n) is 3.57. The lowest BCUT2D eigenvalue weighted by atomic mass is 10.2. The molecule has 142 valence electrons. The molecule has 8 heteroatoms. The maximum Gasteiger partial charge on any atom is 0.264 e. The van der Waals surface area contributed by atoms with E-state index in [0.717, 1.165) is 29.9 Å². The predicted molar refractivity (Wildman–Crippen MR) is 130 cm³/mol. The van der Waals surface area contributed by atoms with Crippen LogP contribution >= 0.6 is 56.9 Å². The highest BCUT2D eigenvalue weighted by atomic mass is 127. The predicted octanol–water partition coefficient (Wildman–Crippen LogP) is 4.81. The van der Waals surface area contributed by atoms with Gasteiger partial charge in [-0.1, -0.05) is 5.92 Å². The molecule has 0 aliphatic carbocycles. The second-order valence-electron chi connectivity index (χ2n) is 5.49. The van der Waals surface area contributed by atoms with Crippen molar-refractivity contribution in [1.82, 2.24) is 5.32 Å². The Kier molecular flexibility index (Phi) is 7.25. The van der Waals surface area contributed by atoms with Crippen LogP contribution in [0.1, 0.15) is 5.56 Å². The maximum atomic E-state index is 12.3. The number of rotatable bonds is 5. The lowest BCUT2D eigenvalue weighted by Gasteiger charge is -2.09. The Balaban J connectivity index is 1.80. The van der Waals surface area contributed by atoms with Gasteiger partial charge in [0.1, 0.15) is 18.1 Å². The Labute approximate surface area is 194 Å². The van der Waals surface area contributed by atoms with Gasteiger partial charge in [-0.15, -0.1) is 6.42 Å². The zero-order valence-electron chi connectivity index (χ0n) is 14.7. The van der Waals surface area contributed by atoms with Crippen LogP contribution in [-0.2, 0) is 4.79 Å². The van der Waals surface area contributed by atoms with Crippen molar-refractivity contribution in [2.45, 2.75) is 0 Å². The summed E-state index contributed by atoms with van der Waals surface area (Å²) in [5.41, 5.74) is 1.65. The average molecular weight is 616 g/mol. The number of hydrogen-bond donors (Lipinski definition) is 1. The lowest BCUT2D eigenvalue weighted by Crippen LogP contribution is -2.19. The van der Waals surface area contributed by atoms with E-state index in [-0.39, 0.29) is 12.5 Å². The first-order valence-corrected chi connectivity index (χ1v) is 11.0. The molecule has 1 heterocycles. The topological polar surface area (TPSA) is 59.9 Å². The first-order chi connectivity index (χ1) is 13.5. The van der Waals surface area contributed by atoms with E-state index < -0.39 is 0 Å². The Morgan fingerprint density at radius 3 is 2.54 bits per heavy atom. The molecule has 0 atom stereocenters. The van der Waals surface area contributed by atoms with E-state index in [1.54, 1.807) is 7.11 Å². The van der Waals surface area contributed by atoms with Gasteiger partial charge < -0.3 is 14.8 Å². The summed E-state index contributed by atoms with van der Waals surface area (Å²) in [6, 6.07) is 11.2. The quantitative estimate of drug-likeness (QED) is 0.298. The number of nitrogens with one attached hydrogen (secondary N) is 1. The zero-order valence-corrected chi connectivity index (χ0v) is 19.8. The van der Waals surface area contributed by atoms with Crippen LogP contribution in [-0.4, -0.2) is 24.8 Å². The van der Waals surface area contributed by atoms with E-state index in [9.17, 15) is 4.79 Å². The third-order valence-corrected chi connectivity index (χ3v) is 6.08. The molecular formula is C20H14I2N2O3S. The molecule has 1 aliphatic rings. The summed E-state index contributed by atoms with van der Waals surface area (Å²) in [5.74, 6) is 3.80. The first kappa shape index (κ1) is 21.0. The smallest absolute Gasteiger partial charge is 0.264 e. The number of halogens is 2. The SMILES string of the molecule is C#CCOc1c(I)cc(/C=C2/SC(=Nc3ccc(OC)cc3)NC2=O)cc1I. The van der Waals surface area contributed by atoms with Gasteiger partial charge in [-0.2, -0.15) is 0 Å². The summed E-state index contributed by atoms with van der Waals surface area (Å²) < 4.78 is 12.6. The van der Waals surface area contributed by atoms with Crippen LogP contribution in [0.15, 0.2) is 46.3 Å². The zero-order chi connectivity index (χ0) is 20.1. The number of carbonyl (C=O) groups excluding carboxylic acids is 1. The number of hydrogen-bond acceptors (Lipinski definition) is 5. The average Bonchev–Trinajstić information content (AvgIpc) is 3.00. The number of aliphatic imine (C=N–C) groups is 1. The van der Waals surface area contributed by atoms with Gasteiger partial charge >= 0.3 is 0 Å². The van der Waals surface area contributed by atoms with Crippen LogP contribution in [0.5, 0.6) is 11.5 Å². The van der Waals surface area contributed by atoms with Crippen LogP contribution < -0.4 is 14.8 Å². The summed E-state index contributed by atoms with van der Waals surface area (Å²) in [5, 5.41) is 3.34. The molecule has 0 bridgehead atoms. The van der Waals surface area contributed by atoms with Gasteiger partial charge in [-0.3, -0.25) is 4.79 Å². The van der Waals surface area contributed by atoms with Crippen LogP contribution in [0.25, 0.3) is 6.08 Å². The fraction of sp³-hybridized carbons (Fsp3) is 0.100. The van der Waals surface area contributed by atoms with E-state index in [4.69, 9.17) is 15.9 Å². The van der Waals surface area contributed by atoms with Crippen molar-refractivity contribution in [2.24, 2.45) is 4.99 Å². The standard InChI is InChI=1S/C20H14I2N2O3S/c1-3-8-27-18-15(21)9-12(10-16(18)22)11-17-19(25)24-20(28-17)23-13-4-6-14(26-2)7-5-13/h1,4-7,9-11H,8H2,2H3,(H,23,24,25)/b17-11+. The van der Waals surface area contributed by atoms with Crippen LogP contribution in [0.4, 0.5) is 5.69 Å². The van der Waals surface area contributed by atoms with Crippen LogP contribution in [0.3, 0.4) is 0 Å². The molecule has 0 radical (unpaired) electrons. The molecule has 28 heavy (non-hydrogen) atoms. The maximum absolute atomic E-state index is 12.3. The molecule has 0 aromatic heterocycles. The van der Waals surface area contributed by atoms with Crippen molar-refractivity contribution in [1.29, 1.82) is 0 Å². The van der Waals surface area contributed by atoms with E-state index in [2.05, 4.69) is 61.4 Å². The van der Waals surface area contributed by atoms with E-state index >= 15 is 0 Å². The second kappa shape index (κ2) is 9.67. The fourth-order valence-corrected chi connectivity index (χ4v) is 5.29. The Hall–Kier alpha value is -1.71. The molecule has 1 aliphatic heterocycles. The normalized spacial score (nSPS) is 16.1. The minimum absolute atomic E-state index is 0.171. The van der Waals surface area contributed by atoms with Crippen molar-refractivity contribution >= 4 is 79.8 Å². The molecule has 0 saturated carbocycles. The molecule has 0 unspecified atom stereocenters. The summed E-state index contributed by atoms with van der Waals surface area (Å²) in [7, 11) is 1.61. The molecule has 1 saturated heterocycles. The molecular weight excluding hydrogens is 602 g/mol. The fourth-order valence-electron chi connectivity index (χ4n) is 2.32. The van der Waals surface area contributed by atoms with Gasteiger partial charge in [0.05, 0.1) is 24.8 Å². The van der Waals surface area contributed by atoms with Crippen molar-refractivity contribution in [2.75, 3.05) is 13.7 Å². The number of amidine groups is 1. The number of ether oxygens (including phenoxy) is 2. The van der Waals surface area contributed by atoms with Crippen molar-refractivity contribution in [3.63, 3.8) is 0 Å². The number of amides is 1. The number of benzene rings is 2. The van der Waals surface area contributed by atoms with Crippen molar-refractivity contribution < 1.29 is 14.3 Å². The Morgan fingerprint density at radius 2 is 1.93 bits per heavy atom. The summed E-state index contributed by atoms with van der Waals surface area (Å²) in [4.78, 5) is 17.4. The second-order valence-corrected chi connectivity index (χ2v) is 8.84. The summed E-state index contributed by atoms with van der Waals surface area (Å²) in [6.07, 6.45) is 7.10. The minimum Gasteiger partial charge on any atom is -0.497 e. The van der Waals surface area contributed by atoms with Crippen molar-refractivity contribution in [3.8, 4) is 23.8 Å². The number of methoxy groups -OCH3 is 1. The minimum atomic E-state index is -0.171. The van der Waals surface area contributed by atoms with E-state index in [0.29, 0.717) is 10.1 Å². The number of carbonyl (C=O) groups is 1. The van der Waals surface area contributed by atoms with Gasteiger partial charge in [0, 0.05) is 0 Å². The van der Waals surface area contributed by atoms with Gasteiger partial charge in [0.2, 0.25) is 0 Å². The molecule has 5 nitrogen and oxygen atoms in total. The lowest BCUT2D eigenvalue weighted by molar-refractivity contribution is -0.115. The highest BCUT2D eigenvalue weighted by molar-refractivity contribution is 14.1. The molecule has 2 aromatic rings. The van der Waals surface area contributed by atoms with Gasteiger partial charge in [-0.05, 0) is 105 Å². The molecule has 3 rings (SSSR count). The van der Waals surface area contributed by atoms with Gasteiger partial charge in [-0.25, -0.2) is 4.99 Å². The number of thioether (sulfide) groups is 1. The molecule has 1 amide bonds. The van der Waals surface area contributed by atoms with E-state index in [1.165, 1.54) is 11.8 Å². The monoisotopic (exact) mass is 616 g/mol. The van der Waals surface area contributed by atoms with Gasteiger partial charge in [0.15, 0.2) is 5.17 Å². The van der Waals surface area contributed by atoms with Crippen LogP contribution in [0, 0.1) is 19.5 Å².